The maximum Gasteiger partial charge on any atom is 0.264 e. The van der Waals surface area contributed by atoms with Crippen LogP contribution in [0.1, 0.15) is 42.6 Å². The van der Waals surface area contributed by atoms with E-state index in [1.165, 1.54) is 4.31 Å². The fourth-order valence-corrected chi connectivity index (χ4v) is 5.08. The fourth-order valence-electron chi connectivity index (χ4n) is 3.80. The average Bonchev–Trinajstić information content (AvgIpc) is 2.66. The maximum absolute atomic E-state index is 12.9. The third-order valence-electron chi connectivity index (χ3n) is 5.37. The normalized spacial score (nSPS) is 16.6. The van der Waals surface area contributed by atoms with Crippen molar-refractivity contribution in [1.82, 2.24) is 4.90 Å². The predicted octanol–water partition coefficient (Wildman–Crippen LogP) is 4.08. The van der Waals surface area contributed by atoms with E-state index in [1.54, 1.807) is 55.6 Å². The monoisotopic (exact) mass is 400 g/mol. The van der Waals surface area contributed by atoms with Crippen LogP contribution in [0.5, 0.6) is 0 Å². The molecule has 1 fully saturated rings. The van der Waals surface area contributed by atoms with Crippen LogP contribution in [0.2, 0.25) is 0 Å². The van der Waals surface area contributed by atoms with Crippen molar-refractivity contribution in [1.29, 1.82) is 0 Å². The second-order valence-electron chi connectivity index (χ2n) is 8.28. The number of aryl methyl sites for hydroxylation is 1. The van der Waals surface area contributed by atoms with Gasteiger partial charge in [-0.2, -0.15) is 0 Å². The summed E-state index contributed by atoms with van der Waals surface area (Å²) in [6.45, 7) is 7.72. The standard InChI is InChI=1S/C22H28N2O3S/c1-17-15-18(21(25)24-14-8-13-22(2,3)16-24)11-12-20(17)23(4)28(26,27)19-9-6-5-7-10-19/h5-7,9-12,15H,8,13-14,16H2,1-4H3. The average molecular weight is 401 g/mol. The van der Waals surface area contributed by atoms with Gasteiger partial charge >= 0.3 is 0 Å². The van der Waals surface area contributed by atoms with Crippen LogP contribution >= 0.6 is 0 Å². The highest BCUT2D eigenvalue weighted by molar-refractivity contribution is 7.92. The highest BCUT2D eigenvalue weighted by Crippen LogP contribution is 2.30. The van der Waals surface area contributed by atoms with E-state index < -0.39 is 10.0 Å². The third kappa shape index (κ3) is 4.07. The molecule has 0 aromatic heterocycles. The summed E-state index contributed by atoms with van der Waals surface area (Å²) in [6.07, 6.45) is 2.13. The molecule has 1 saturated heterocycles. The molecule has 5 nitrogen and oxygen atoms in total. The van der Waals surface area contributed by atoms with E-state index >= 15 is 0 Å². The zero-order chi connectivity index (χ0) is 20.5. The van der Waals surface area contributed by atoms with Gasteiger partial charge in [0.15, 0.2) is 0 Å². The Labute approximate surface area is 168 Å². The summed E-state index contributed by atoms with van der Waals surface area (Å²) in [5, 5.41) is 0. The molecular weight excluding hydrogens is 372 g/mol. The number of amides is 1. The second-order valence-corrected chi connectivity index (χ2v) is 10.3. The van der Waals surface area contributed by atoms with Crippen molar-refractivity contribution < 1.29 is 13.2 Å². The van der Waals surface area contributed by atoms with Crippen LogP contribution in [0, 0.1) is 12.3 Å². The van der Waals surface area contributed by atoms with Gasteiger partial charge in [0, 0.05) is 25.7 Å². The molecule has 150 valence electrons. The first kappa shape index (κ1) is 20.4. The Morgan fingerprint density at radius 1 is 1.11 bits per heavy atom. The highest BCUT2D eigenvalue weighted by Gasteiger charge is 2.30. The summed E-state index contributed by atoms with van der Waals surface area (Å²) >= 11 is 0. The number of rotatable bonds is 4. The Hall–Kier alpha value is -2.34. The lowest BCUT2D eigenvalue weighted by molar-refractivity contribution is 0.0583. The first-order valence-electron chi connectivity index (χ1n) is 9.56. The van der Waals surface area contributed by atoms with E-state index in [4.69, 9.17) is 0 Å². The van der Waals surface area contributed by atoms with Crippen LogP contribution in [-0.2, 0) is 10.0 Å². The Kier molecular flexibility index (Phi) is 5.53. The zero-order valence-corrected chi connectivity index (χ0v) is 17.8. The lowest BCUT2D eigenvalue weighted by Gasteiger charge is -2.38. The molecule has 0 bridgehead atoms. The lowest BCUT2D eigenvalue weighted by Crippen LogP contribution is -2.43. The number of carbonyl (C=O) groups excluding carboxylic acids is 1. The molecule has 2 aromatic carbocycles. The van der Waals surface area contributed by atoms with Gasteiger partial charge in [-0.3, -0.25) is 9.10 Å². The van der Waals surface area contributed by atoms with E-state index in [9.17, 15) is 13.2 Å². The minimum absolute atomic E-state index is 0.0102. The van der Waals surface area contributed by atoms with Gasteiger partial charge in [0.25, 0.3) is 15.9 Å². The molecule has 0 radical (unpaired) electrons. The van der Waals surface area contributed by atoms with Gasteiger partial charge < -0.3 is 4.90 Å². The van der Waals surface area contributed by atoms with Crippen molar-refractivity contribution >= 4 is 21.6 Å². The van der Waals surface area contributed by atoms with E-state index in [-0.39, 0.29) is 16.2 Å². The van der Waals surface area contributed by atoms with Crippen molar-refractivity contribution in [2.24, 2.45) is 5.41 Å². The van der Waals surface area contributed by atoms with Gasteiger partial charge in [-0.25, -0.2) is 8.42 Å². The molecule has 0 unspecified atom stereocenters. The van der Waals surface area contributed by atoms with Crippen molar-refractivity contribution in [3.05, 3.63) is 59.7 Å². The molecule has 28 heavy (non-hydrogen) atoms. The van der Waals surface area contributed by atoms with Crippen molar-refractivity contribution in [2.45, 2.75) is 38.5 Å². The van der Waals surface area contributed by atoms with E-state index in [2.05, 4.69) is 13.8 Å². The van der Waals surface area contributed by atoms with E-state index in [1.807, 2.05) is 11.8 Å². The van der Waals surface area contributed by atoms with Gasteiger partial charge in [-0.15, -0.1) is 0 Å². The van der Waals surface area contributed by atoms with Crippen molar-refractivity contribution in [3.63, 3.8) is 0 Å². The van der Waals surface area contributed by atoms with Crippen molar-refractivity contribution in [2.75, 3.05) is 24.4 Å². The molecule has 0 saturated carbocycles. The molecule has 1 heterocycles. The molecule has 1 aliphatic heterocycles. The van der Waals surface area contributed by atoms with E-state index in [0.717, 1.165) is 31.5 Å². The number of carbonyl (C=O) groups is 1. The summed E-state index contributed by atoms with van der Waals surface area (Å²) in [5.74, 6) is 0.0102. The fraction of sp³-hybridized carbons (Fsp3) is 0.409. The summed E-state index contributed by atoms with van der Waals surface area (Å²) in [5.41, 5.74) is 2.06. The van der Waals surface area contributed by atoms with E-state index in [0.29, 0.717) is 11.3 Å². The molecule has 0 N–H and O–H groups in total. The maximum atomic E-state index is 12.9. The summed E-state index contributed by atoms with van der Waals surface area (Å²) in [6, 6.07) is 13.6. The van der Waals surface area contributed by atoms with Crippen LogP contribution in [0.15, 0.2) is 53.4 Å². The number of likely N-dealkylation sites (tertiary alicyclic amines) is 1. The minimum Gasteiger partial charge on any atom is -0.338 e. The summed E-state index contributed by atoms with van der Waals surface area (Å²) < 4.78 is 27.0. The SMILES string of the molecule is Cc1cc(C(=O)N2CCCC(C)(C)C2)ccc1N(C)S(=O)(=O)c1ccccc1. The van der Waals surface area contributed by atoms with Crippen molar-refractivity contribution in [3.8, 4) is 0 Å². The number of benzene rings is 2. The quantitative estimate of drug-likeness (QED) is 0.777. The van der Waals surface area contributed by atoms with Crippen LogP contribution < -0.4 is 4.31 Å². The number of nitrogens with zero attached hydrogens (tertiary/aromatic N) is 2. The Morgan fingerprint density at radius 3 is 2.39 bits per heavy atom. The van der Waals surface area contributed by atoms with Gasteiger partial charge in [0.05, 0.1) is 10.6 Å². The van der Waals surface area contributed by atoms with Crippen LogP contribution in [-0.4, -0.2) is 39.4 Å². The molecule has 3 rings (SSSR count). The summed E-state index contributed by atoms with van der Waals surface area (Å²) in [4.78, 5) is 15.1. The zero-order valence-electron chi connectivity index (χ0n) is 17.0. The van der Waals surface area contributed by atoms with Crippen LogP contribution in [0.4, 0.5) is 5.69 Å². The number of hydrogen-bond acceptors (Lipinski definition) is 3. The molecule has 0 aliphatic carbocycles. The minimum atomic E-state index is -3.65. The molecule has 6 heteroatoms. The first-order valence-corrected chi connectivity index (χ1v) is 11.0. The molecule has 0 atom stereocenters. The predicted molar refractivity (Wildman–Crippen MR) is 112 cm³/mol. The smallest absolute Gasteiger partial charge is 0.264 e. The van der Waals surface area contributed by atoms with Gasteiger partial charge in [0.1, 0.15) is 0 Å². The molecular formula is C22H28N2O3S. The second kappa shape index (κ2) is 7.59. The lowest BCUT2D eigenvalue weighted by atomic mass is 9.84. The Bertz CT molecular complexity index is 969. The summed E-state index contributed by atoms with van der Waals surface area (Å²) in [7, 11) is -2.10. The number of hydrogen-bond donors (Lipinski definition) is 0. The molecule has 1 aliphatic rings. The van der Waals surface area contributed by atoms with Gasteiger partial charge in [0.2, 0.25) is 0 Å². The third-order valence-corrected chi connectivity index (χ3v) is 7.16. The highest BCUT2D eigenvalue weighted by atomic mass is 32.2. The number of anilines is 1. The molecule has 0 spiro atoms. The Balaban J connectivity index is 1.85. The van der Waals surface area contributed by atoms with Gasteiger partial charge in [-0.1, -0.05) is 32.0 Å². The van der Waals surface area contributed by atoms with Crippen LogP contribution in [0.3, 0.4) is 0 Å². The number of piperidine rings is 1. The largest absolute Gasteiger partial charge is 0.338 e. The van der Waals surface area contributed by atoms with Gasteiger partial charge in [-0.05, 0) is 61.1 Å². The van der Waals surface area contributed by atoms with Crippen LogP contribution in [0.25, 0.3) is 0 Å². The Morgan fingerprint density at radius 2 is 1.79 bits per heavy atom. The molecule has 2 aromatic rings. The number of sulfonamides is 1. The topological polar surface area (TPSA) is 57.7 Å². The first-order chi connectivity index (χ1) is 13.1. The molecule has 1 amide bonds.